The first-order chi connectivity index (χ1) is 6.36. The highest BCUT2D eigenvalue weighted by molar-refractivity contribution is 7.81. The first kappa shape index (κ1) is 11.7. The molecule has 1 nitrogen and oxygen atoms in total. The van der Waals surface area contributed by atoms with Crippen LogP contribution < -0.4 is 4.74 Å². The number of methoxy groups -OCH3 is 1. The predicted octanol–water partition coefficient (Wildman–Crippen LogP) is 3.82. The molecule has 78 valence electrons. The lowest BCUT2D eigenvalue weighted by Gasteiger charge is -2.22. The van der Waals surface area contributed by atoms with Gasteiger partial charge in [-0.15, -0.1) is 0 Å². The van der Waals surface area contributed by atoms with Crippen LogP contribution in [0.4, 0.5) is 0 Å². The van der Waals surface area contributed by atoms with Crippen molar-refractivity contribution in [2.24, 2.45) is 0 Å². The second-order valence-electron chi connectivity index (χ2n) is 3.86. The second-order valence-corrected chi connectivity index (χ2v) is 5.39. The summed E-state index contributed by atoms with van der Waals surface area (Å²) in [5, 5.41) is 0.753. The van der Waals surface area contributed by atoms with Crippen molar-refractivity contribution in [1.82, 2.24) is 0 Å². The van der Waals surface area contributed by atoms with Gasteiger partial charge in [0.25, 0.3) is 0 Å². The van der Waals surface area contributed by atoms with Crippen LogP contribution in [0.15, 0.2) is 12.1 Å². The quantitative estimate of drug-likeness (QED) is 0.760. The molecule has 1 rings (SSSR count). The lowest BCUT2D eigenvalue weighted by atomic mass is 9.99. The van der Waals surface area contributed by atoms with Crippen LogP contribution in [0.5, 0.6) is 5.75 Å². The van der Waals surface area contributed by atoms with Crippen LogP contribution in [0.3, 0.4) is 0 Å². The number of aryl methyl sites for hydroxylation is 1. The van der Waals surface area contributed by atoms with Gasteiger partial charge in [-0.1, -0.05) is 11.6 Å². The lowest BCUT2D eigenvalue weighted by molar-refractivity contribution is 0.405. The monoisotopic (exact) mass is 230 g/mol. The molecule has 0 aliphatic rings. The number of thiol groups is 1. The third-order valence-electron chi connectivity index (χ3n) is 2.14. The number of hydrogen-bond acceptors (Lipinski definition) is 2. The molecule has 0 fully saturated rings. The minimum atomic E-state index is -0.247. The van der Waals surface area contributed by atoms with E-state index in [0.717, 1.165) is 21.9 Å². The Kier molecular flexibility index (Phi) is 3.38. The van der Waals surface area contributed by atoms with Crippen molar-refractivity contribution in [2.45, 2.75) is 25.5 Å². The summed E-state index contributed by atoms with van der Waals surface area (Å²) in [5.41, 5.74) is 2.03. The van der Waals surface area contributed by atoms with Gasteiger partial charge in [-0.2, -0.15) is 12.6 Å². The summed E-state index contributed by atoms with van der Waals surface area (Å²) >= 11 is 10.6. The average Bonchev–Trinajstić information content (AvgIpc) is 2.07. The number of hydrogen-bond donors (Lipinski definition) is 1. The topological polar surface area (TPSA) is 9.23 Å². The smallest absolute Gasteiger partial charge is 0.123 e. The van der Waals surface area contributed by atoms with Gasteiger partial charge in [0.2, 0.25) is 0 Å². The standard InChI is InChI=1S/C11H15ClOS/c1-7-5-10(13-4)8(6-9(7)12)11(2,3)14/h5-6,14H,1-4H3. The van der Waals surface area contributed by atoms with E-state index < -0.39 is 0 Å². The second kappa shape index (κ2) is 4.03. The van der Waals surface area contributed by atoms with Gasteiger partial charge >= 0.3 is 0 Å². The fraction of sp³-hybridized carbons (Fsp3) is 0.455. The van der Waals surface area contributed by atoms with Crippen LogP contribution in [0.2, 0.25) is 5.02 Å². The van der Waals surface area contributed by atoms with Gasteiger partial charge in [0, 0.05) is 15.3 Å². The molecule has 0 amide bonds. The summed E-state index contributed by atoms with van der Waals surface area (Å²) in [5.74, 6) is 0.840. The molecule has 0 bridgehead atoms. The van der Waals surface area contributed by atoms with Crippen molar-refractivity contribution in [3.8, 4) is 5.75 Å². The van der Waals surface area contributed by atoms with Crippen molar-refractivity contribution >= 4 is 24.2 Å². The van der Waals surface area contributed by atoms with Gasteiger partial charge in [-0.25, -0.2) is 0 Å². The molecular weight excluding hydrogens is 216 g/mol. The van der Waals surface area contributed by atoms with E-state index in [4.69, 9.17) is 16.3 Å². The maximum atomic E-state index is 6.06. The molecule has 0 saturated heterocycles. The summed E-state index contributed by atoms with van der Waals surface area (Å²) in [6, 6.07) is 3.86. The van der Waals surface area contributed by atoms with E-state index in [-0.39, 0.29) is 4.75 Å². The molecule has 0 unspecified atom stereocenters. The molecule has 14 heavy (non-hydrogen) atoms. The number of rotatable bonds is 2. The summed E-state index contributed by atoms with van der Waals surface area (Å²) in [4.78, 5) is 0. The lowest BCUT2D eigenvalue weighted by Crippen LogP contribution is -2.10. The molecule has 0 aliphatic heterocycles. The molecule has 0 heterocycles. The predicted molar refractivity (Wildman–Crippen MR) is 64.8 cm³/mol. The Labute approximate surface area is 95.8 Å². The van der Waals surface area contributed by atoms with Crippen LogP contribution in [0.25, 0.3) is 0 Å². The minimum Gasteiger partial charge on any atom is -0.496 e. The number of halogens is 1. The number of ether oxygens (including phenoxy) is 1. The van der Waals surface area contributed by atoms with Crippen LogP contribution in [-0.2, 0) is 4.75 Å². The highest BCUT2D eigenvalue weighted by Gasteiger charge is 2.20. The van der Waals surface area contributed by atoms with E-state index in [1.165, 1.54) is 0 Å². The fourth-order valence-electron chi connectivity index (χ4n) is 1.30. The fourth-order valence-corrected chi connectivity index (χ4v) is 1.64. The van der Waals surface area contributed by atoms with Gasteiger partial charge < -0.3 is 4.74 Å². The van der Waals surface area contributed by atoms with Crippen LogP contribution in [-0.4, -0.2) is 7.11 Å². The van der Waals surface area contributed by atoms with E-state index in [1.54, 1.807) is 7.11 Å². The molecule has 3 heteroatoms. The third kappa shape index (κ3) is 2.37. The summed E-state index contributed by atoms with van der Waals surface area (Å²) in [6.07, 6.45) is 0. The Morgan fingerprint density at radius 3 is 2.36 bits per heavy atom. The minimum absolute atomic E-state index is 0.247. The van der Waals surface area contributed by atoms with E-state index >= 15 is 0 Å². The first-order valence-electron chi connectivity index (χ1n) is 4.43. The van der Waals surface area contributed by atoms with Crippen molar-refractivity contribution < 1.29 is 4.74 Å². The normalized spacial score (nSPS) is 11.6. The molecule has 0 saturated carbocycles. The maximum absolute atomic E-state index is 6.06. The molecule has 1 aromatic carbocycles. The average molecular weight is 231 g/mol. The zero-order chi connectivity index (χ0) is 10.9. The Morgan fingerprint density at radius 1 is 1.36 bits per heavy atom. The SMILES string of the molecule is COc1cc(C)c(Cl)cc1C(C)(C)S. The van der Waals surface area contributed by atoms with Crippen molar-refractivity contribution in [3.05, 3.63) is 28.3 Å². The van der Waals surface area contributed by atoms with Crippen molar-refractivity contribution in [1.29, 1.82) is 0 Å². The molecule has 0 aliphatic carbocycles. The Hall–Kier alpha value is -0.340. The van der Waals surface area contributed by atoms with E-state index in [1.807, 2.05) is 32.9 Å². The summed E-state index contributed by atoms with van der Waals surface area (Å²) in [6.45, 7) is 5.99. The van der Waals surface area contributed by atoms with Crippen molar-refractivity contribution in [3.63, 3.8) is 0 Å². The van der Waals surface area contributed by atoms with Gasteiger partial charge in [0.15, 0.2) is 0 Å². The molecule has 1 aromatic rings. The Bertz CT molecular complexity index is 342. The molecule has 0 radical (unpaired) electrons. The van der Waals surface area contributed by atoms with Crippen molar-refractivity contribution in [2.75, 3.05) is 7.11 Å². The van der Waals surface area contributed by atoms with Gasteiger partial charge in [-0.05, 0) is 38.5 Å². The third-order valence-corrected chi connectivity index (χ3v) is 2.79. The van der Waals surface area contributed by atoms with E-state index in [0.29, 0.717) is 0 Å². The highest BCUT2D eigenvalue weighted by atomic mass is 35.5. The van der Waals surface area contributed by atoms with Gasteiger partial charge in [0.1, 0.15) is 5.75 Å². The Morgan fingerprint density at radius 2 is 1.93 bits per heavy atom. The number of benzene rings is 1. The maximum Gasteiger partial charge on any atom is 0.123 e. The zero-order valence-electron chi connectivity index (χ0n) is 8.89. The molecule has 0 spiro atoms. The van der Waals surface area contributed by atoms with Gasteiger partial charge in [-0.3, -0.25) is 0 Å². The largest absolute Gasteiger partial charge is 0.496 e. The Balaban J connectivity index is 3.35. The van der Waals surface area contributed by atoms with Crippen LogP contribution in [0.1, 0.15) is 25.0 Å². The van der Waals surface area contributed by atoms with Gasteiger partial charge in [0.05, 0.1) is 7.11 Å². The van der Waals surface area contributed by atoms with Crippen LogP contribution >= 0.6 is 24.2 Å². The zero-order valence-corrected chi connectivity index (χ0v) is 10.5. The highest BCUT2D eigenvalue weighted by Crippen LogP contribution is 2.37. The molecule has 0 N–H and O–H groups in total. The van der Waals surface area contributed by atoms with Crippen LogP contribution in [0, 0.1) is 6.92 Å². The van der Waals surface area contributed by atoms with E-state index in [9.17, 15) is 0 Å². The summed E-state index contributed by atoms with van der Waals surface area (Å²) in [7, 11) is 1.66. The summed E-state index contributed by atoms with van der Waals surface area (Å²) < 4.78 is 5.05. The molecular formula is C11H15ClOS. The molecule has 0 aromatic heterocycles. The first-order valence-corrected chi connectivity index (χ1v) is 5.25. The van der Waals surface area contributed by atoms with E-state index in [2.05, 4.69) is 12.6 Å². The molecule has 0 atom stereocenters.